The molecule has 0 radical (unpaired) electrons. The Bertz CT molecular complexity index is 379. The van der Waals surface area contributed by atoms with Crippen LogP contribution >= 0.6 is 0 Å². The van der Waals surface area contributed by atoms with E-state index in [1.807, 2.05) is 19.1 Å². The van der Waals surface area contributed by atoms with Gasteiger partial charge in [0.2, 0.25) is 0 Å². The van der Waals surface area contributed by atoms with Crippen molar-refractivity contribution >= 4 is 11.9 Å². The van der Waals surface area contributed by atoms with E-state index >= 15 is 0 Å². The lowest BCUT2D eigenvalue weighted by Crippen LogP contribution is -1.95. The number of hydrogen-bond donors (Lipinski definition) is 1. The summed E-state index contributed by atoms with van der Waals surface area (Å²) < 4.78 is 4.17. The van der Waals surface area contributed by atoms with Gasteiger partial charge in [-0.1, -0.05) is 25.6 Å². The zero-order chi connectivity index (χ0) is 13.3. The summed E-state index contributed by atoms with van der Waals surface area (Å²) in [5.41, 5.74) is 1.51. The molecule has 0 bridgehead atoms. The van der Waals surface area contributed by atoms with Crippen LogP contribution < -0.4 is 0 Å². The number of carboxylic acids is 1. The van der Waals surface area contributed by atoms with Crippen molar-refractivity contribution in [1.82, 2.24) is 0 Å². The Morgan fingerprint density at radius 2 is 1.88 bits per heavy atom. The van der Waals surface area contributed by atoms with Crippen LogP contribution in [0.5, 0.6) is 0 Å². The molecule has 1 N–H and O–H groups in total. The zero-order valence-corrected chi connectivity index (χ0v) is 9.97. The minimum Gasteiger partial charge on any atom is -0.478 e. The van der Waals surface area contributed by atoms with E-state index in [1.165, 1.54) is 6.92 Å². The largest absolute Gasteiger partial charge is 0.478 e. The van der Waals surface area contributed by atoms with Gasteiger partial charge in [0.25, 0.3) is 0 Å². The maximum Gasteiger partial charge on any atom is 0.335 e. The molecule has 0 aliphatic heterocycles. The highest BCUT2D eigenvalue weighted by molar-refractivity contribution is 5.87. The monoisotopic (exact) mass is 236 g/mol. The van der Waals surface area contributed by atoms with Gasteiger partial charge in [-0.2, -0.15) is 0 Å². The molecule has 0 aromatic heterocycles. The van der Waals surface area contributed by atoms with E-state index in [4.69, 9.17) is 5.11 Å². The Balaban J connectivity index is 0.000000366. The fraction of sp³-hybridized carbons (Fsp3) is 0.231. The minimum absolute atomic E-state index is 0.329. The number of carboxylic acid groups (broad SMARTS) is 1. The van der Waals surface area contributed by atoms with Gasteiger partial charge in [0.15, 0.2) is 0 Å². The summed E-state index contributed by atoms with van der Waals surface area (Å²) >= 11 is 0. The van der Waals surface area contributed by atoms with Gasteiger partial charge in [-0.25, -0.2) is 4.79 Å². The molecule has 1 aromatic rings. The van der Waals surface area contributed by atoms with Crippen molar-refractivity contribution < 1.29 is 19.4 Å². The van der Waals surface area contributed by atoms with Crippen LogP contribution in [0.3, 0.4) is 0 Å². The van der Waals surface area contributed by atoms with E-state index < -0.39 is 5.97 Å². The minimum atomic E-state index is -0.868. The molecule has 0 fully saturated rings. The van der Waals surface area contributed by atoms with Crippen LogP contribution in [0, 0.1) is 0 Å². The molecule has 0 saturated carbocycles. The molecule has 0 aliphatic rings. The summed E-state index contributed by atoms with van der Waals surface area (Å²) in [5, 5.41) is 8.55. The molecule has 1 aromatic carbocycles. The highest BCUT2D eigenvalue weighted by atomic mass is 16.5. The van der Waals surface area contributed by atoms with Crippen molar-refractivity contribution in [2.75, 3.05) is 0 Å². The normalized spacial score (nSPS) is 8.59. The van der Waals surface area contributed by atoms with Gasteiger partial charge in [0.1, 0.15) is 0 Å². The molecule has 0 atom stereocenters. The average molecular weight is 236 g/mol. The number of aryl methyl sites for hydroxylation is 1. The number of esters is 1. The van der Waals surface area contributed by atoms with E-state index in [2.05, 4.69) is 11.3 Å². The van der Waals surface area contributed by atoms with Gasteiger partial charge in [0, 0.05) is 6.92 Å². The molecule has 4 heteroatoms. The van der Waals surface area contributed by atoms with E-state index in [0.717, 1.165) is 18.2 Å². The first kappa shape index (κ1) is 14.9. The molecule has 0 saturated heterocycles. The van der Waals surface area contributed by atoms with Crippen LogP contribution in [-0.2, 0) is 16.0 Å². The summed E-state index contributed by atoms with van der Waals surface area (Å²) in [4.78, 5) is 20.2. The third kappa shape index (κ3) is 6.89. The van der Waals surface area contributed by atoms with Crippen LogP contribution in [0.2, 0.25) is 0 Å². The van der Waals surface area contributed by atoms with Gasteiger partial charge in [-0.3, -0.25) is 4.79 Å². The average Bonchev–Trinajstić information content (AvgIpc) is 2.29. The summed E-state index contributed by atoms with van der Waals surface area (Å²) in [7, 11) is 0. The molecule has 17 heavy (non-hydrogen) atoms. The number of carbonyl (C=O) groups excluding carboxylic acids is 1. The first-order valence-corrected chi connectivity index (χ1v) is 5.11. The number of aromatic carboxylic acids is 1. The fourth-order valence-corrected chi connectivity index (χ4v) is 1.00. The molecular weight excluding hydrogens is 220 g/mol. The van der Waals surface area contributed by atoms with E-state index in [-0.39, 0.29) is 5.97 Å². The molecule has 0 unspecified atom stereocenters. The molecule has 92 valence electrons. The zero-order valence-electron chi connectivity index (χ0n) is 9.97. The van der Waals surface area contributed by atoms with Crippen molar-refractivity contribution in [3.05, 3.63) is 48.2 Å². The Kier molecular flexibility index (Phi) is 7.10. The first-order chi connectivity index (χ1) is 8.01. The first-order valence-electron chi connectivity index (χ1n) is 5.11. The van der Waals surface area contributed by atoms with Crippen LogP contribution in [-0.4, -0.2) is 17.0 Å². The highest BCUT2D eigenvalue weighted by Crippen LogP contribution is 2.04. The predicted octanol–water partition coefficient (Wildman–Crippen LogP) is 2.64. The number of carbonyl (C=O) groups is 2. The number of hydrogen-bond acceptors (Lipinski definition) is 3. The molecule has 0 heterocycles. The summed E-state index contributed by atoms with van der Waals surface area (Å²) in [6.07, 6.45) is 2.04. The summed E-state index contributed by atoms with van der Waals surface area (Å²) in [6, 6.07) is 6.93. The molecule has 0 spiro atoms. The van der Waals surface area contributed by atoms with Gasteiger partial charge < -0.3 is 9.84 Å². The van der Waals surface area contributed by atoms with Gasteiger partial charge in [-0.05, 0) is 24.1 Å². The molecule has 1 rings (SSSR count). The third-order valence-corrected chi connectivity index (χ3v) is 1.86. The van der Waals surface area contributed by atoms with E-state index in [1.54, 1.807) is 12.1 Å². The number of benzene rings is 1. The Morgan fingerprint density at radius 1 is 1.35 bits per heavy atom. The SMILES string of the molecule is C=COC(C)=O.CCc1ccc(C(=O)O)cc1. The Hall–Kier alpha value is -2.10. The maximum atomic E-state index is 10.4. The van der Waals surface area contributed by atoms with Gasteiger partial charge in [-0.15, -0.1) is 0 Å². The summed E-state index contributed by atoms with van der Waals surface area (Å²) in [6.45, 7) is 6.52. The van der Waals surface area contributed by atoms with Crippen LogP contribution in [0.1, 0.15) is 29.8 Å². The van der Waals surface area contributed by atoms with E-state index in [0.29, 0.717) is 5.56 Å². The second kappa shape index (κ2) is 8.10. The summed E-state index contributed by atoms with van der Waals surface area (Å²) in [5.74, 6) is -1.20. The van der Waals surface area contributed by atoms with Crippen molar-refractivity contribution in [2.45, 2.75) is 20.3 Å². The molecule has 0 amide bonds. The van der Waals surface area contributed by atoms with Crippen LogP contribution in [0.4, 0.5) is 0 Å². The second-order valence-corrected chi connectivity index (χ2v) is 3.13. The Morgan fingerprint density at radius 3 is 2.12 bits per heavy atom. The van der Waals surface area contributed by atoms with E-state index in [9.17, 15) is 9.59 Å². The van der Waals surface area contributed by atoms with Crippen LogP contribution in [0.25, 0.3) is 0 Å². The molecule has 4 nitrogen and oxygen atoms in total. The fourth-order valence-electron chi connectivity index (χ4n) is 1.00. The standard InChI is InChI=1S/C9H10O2.C4H6O2/c1-2-7-3-5-8(6-4-7)9(10)11;1-3-6-4(2)5/h3-6H,2H2,1H3,(H,10,11);3H,1H2,2H3. The number of rotatable bonds is 3. The highest BCUT2D eigenvalue weighted by Gasteiger charge is 1.99. The van der Waals surface area contributed by atoms with Gasteiger partial charge in [0.05, 0.1) is 11.8 Å². The van der Waals surface area contributed by atoms with Crippen molar-refractivity contribution in [3.63, 3.8) is 0 Å². The number of ether oxygens (including phenoxy) is 1. The third-order valence-electron chi connectivity index (χ3n) is 1.86. The maximum absolute atomic E-state index is 10.4. The van der Waals surface area contributed by atoms with Crippen molar-refractivity contribution in [2.24, 2.45) is 0 Å². The lowest BCUT2D eigenvalue weighted by molar-refractivity contribution is -0.135. The molecule has 0 aliphatic carbocycles. The van der Waals surface area contributed by atoms with Crippen LogP contribution in [0.15, 0.2) is 37.1 Å². The molecular formula is C13H16O4. The quantitative estimate of drug-likeness (QED) is 0.647. The lowest BCUT2D eigenvalue weighted by atomic mass is 10.1. The lowest BCUT2D eigenvalue weighted by Gasteiger charge is -1.96. The smallest absolute Gasteiger partial charge is 0.335 e. The van der Waals surface area contributed by atoms with Crippen molar-refractivity contribution in [3.8, 4) is 0 Å². The Labute approximate surface area is 101 Å². The van der Waals surface area contributed by atoms with Gasteiger partial charge >= 0.3 is 11.9 Å². The topological polar surface area (TPSA) is 63.6 Å². The predicted molar refractivity (Wildman–Crippen MR) is 64.7 cm³/mol. The second-order valence-electron chi connectivity index (χ2n) is 3.13. The van der Waals surface area contributed by atoms with Crippen molar-refractivity contribution in [1.29, 1.82) is 0 Å².